The van der Waals surface area contributed by atoms with Gasteiger partial charge >= 0.3 is 0 Å². The molecule has 1 aromatic heterocycles. The lowest BCUT2D eigenvalue weighted by molar-refractivity contribution is 0.396. The summed E-state index contributed by atoms with van der Waals surface area (Å²) < 4.78 is 5.68. The predicted octanol–water partition coefficient (Wildman–Crippen LogP) is 2.59. The van der Waals surface area contributed by atoms with E-state index in [1.165, 1.54) is 0 Å². The summed E-state index contributed by atoms with van der Waals surface area (Å²) in [6.07, 6.45) is 0. The monoisotopic (exact) mass is 235 g/mol. The van der Waals surface area contributed by atoms with Crippen molar-refractivity contribution >= 4 is 27.5 Å². The Balaban J connectivity index is 3.02. The first-order valence-corrected chi connectivity index (χ1v) is 4.35. The van der Waals surface area contributed by atoms with E-state index in [9.17, 15) is 0 Å². The third-order valence-corrected chi connectivity index (χ3v) is 1.91. The number of ether oxygens (including phenoxy) is 1. The van der Waals surface area contributed by atoms with Gasteiger partial charge in [-0.05, 0) is 27.6 Å². The van der Waals surface area contributed by atoms with Crippen LogP contribution in [0.3, 0.4) is 0 Å². The first-order valence-electron chi connectivity index (χ1n) is 3.02. The zero-order chi connectivity index (χ0) is 8.27. The third kappa shape index (κ3) is 2.34. The topological polar surface area (TPSA) is 22.1 Å². The maximum atomic E-state index is 5.62. The van der Waals surface area contributed by atoms with Crippen LogP contribution >= 0.6 is 27.5 Å². The van der Waals surface area contributed by atoms with Crippen molar-refractivity contribution in [3.63, 3.8) is 0 Å². The highest BCUT2D eigenvalue weighted by molar-refractivity contribution is 9.10. The Kier molecular flexibility index (Phi) is 3.15. The number of nitrogens with zero attached hydrogens (tertiary/aromatic N) is 1. The molecular formula is C7H7BrClNO. The van der Waals surface area contributed by atoms with Crippen molar-refractivity contribution < 1.29 is 4.74 Å². The average molecular weight is 236 g/mol. The Morgan fingerprint density at radius 1 is 1.64 bits per heavy atom. The summed E-state index contributed by atoms with van der Waals surface area (Å²) in [6, 6.07) is 3.66. The summed E-state index contributed by atoms with van der Waals surface area (Å²) in [5.74, 6) is 1.05. The van der Waals surface area contributed by atoms with Crippen LogP contribution in [-0.2, 0) is 5.88 Å². The minimum atomic E-state index is 0.470. The minimum absolute atomic E-state index is 0.470. The highest BCUT2D eigenvalue weighted by Crippen LogP contribution is 2.17. The number of pyridine rings is 1. The van der Waals surface area contributed by atoms with Gasteiger partial charge in [0.15, 0.2) is 0 Å². The van der Waals surface area contributed by atoms with Gasteiger partial charge in [-0.15, -0.1) is 11.6 Å². The van der Waals surface area contributed by atoms with Crippen molar-refractivity contribution in [1.29, 1.82) is 0 Å². The lowest BCUT2D eigenvalue weighted by Crippen LogP contribution is -1.89. The highest BCUT2D eigenvalue weighted by atomic mass is 79.9. The van der Waals surface area contributed by atoms with Crippen LogP contribution in [0.15, 0.2) is 16.7 Å². The molecule has 0 radical (unpaired) electrons. The second-order valence-corrected chi connectivity index (χ2v) is 3.05. The van der Waals surface area contributed by atoms with Crippen LogP contribution in [0.5, 0.6) is 5.88 Å². The maximum Gasteiger partial charge on any atom is 0.214 e. The molecule has 0 aliphatic rings. The second kappa shape index (κ2) is 3.93. The summed E-state index contributed by atoms with van der Waals surface area (Å²) in [5, 5.41) is 0. The van der Waals surface area contributed by atoms with Crippen molar-refractivity contribution in [3.05, 3.63) is 22.3 Å². The molecule has 0 unspecified atom stereocenters. The van der Waals surface area contributed by atoms with E-state index in [-0.39, 0.29) is 0 Å². The van der Waals surface area contributed by atoms with Gasteiger partial charge in [-0.2, -0.15) is 0 Å². The quantitative estimate of drug-likeness (QED) is 0.582. The van der Waals surface area contributed by atoms with Gasteiger partial charge in [0.25, 0.3) is 0 Å². The summed E-state index contributed by atoms with van der Waals surface area (Å²) in [4.78, 5) is 4.04. The van der Waals surface area contributed by atoms with Crippen LogP contribution in [-0.4, -0.2) is 12.1 Å². The number of aromatic nitrogens is 1. The van der Waals surface area contributed by atoms with Crippen LogP contribution < -0.4 is 4.74 Å². The van der Waals surface area contributed by atoms with Gasteiger partial charge in [0, 0.05) is 11.9 Å². The van der Waals surface area contributed by atoms with Crippen LogP contribution in [0.4, 0.5) is 0 Å². The molecular weight excluding hydrogens is 229 g/mol. The molecule has 0 bridgehead atoms. The number of hydrogen-bond donors (Lipinski definition) is 0. The second-order valence-electron chi connectivity index (χ2n) is 1.97. The molecule has 0 atom stereocenters. The zero-order valence-corrected chi connectivity index (χ0v) is 8.32. The Labute approximate surface area is 78.7 Å². The average Bonchev–Trinajstić information content (AvgIpc) is 2.03. The molecule has 0 aromatic carbocycles. The Morgan fingerprint density at radius 2 is 2.36 bits per heavy atom. The normalized spacial score (nSPS) is 9.73. The standard InChI is InChI=1S/C7H7BrClNO/c1-11-7-3-5(4-9)2-6(8)10-7/h2-3H,4H2,1H3. The Bertz CT molecular complexity index is 232. The molecule has 1 aromatic rings. The van der Waals surface area contributed by atoms with Gasteiger partial charge < -0.3 is 4.74 Å². The van der Waals surface area contributed by atoms with Gasteiger partial charge in [-0.25, -0.2) is 4.98 Å². The summed E-state index contributed by atoms with van der Waals surface area (Å²) in [7, 11) is 1.58. The van der Waals surface area contributed by atoms with E-state index in [2.05, 4.69) is 20.9 Å². The van der Waals surface area contributed by atoms with E-state index in [0.29, 0.717) is 11.8 Å². The van der Waals surface area contributed by atoms with E-state index in [4.69, 9.17) is 16.3 Å². The van der Waals surface area contributed by atoms with E-state index in [1.807, 2.05) is 6.07 Å². The predicted molar refractivity (Wildman–Crippen MR) is 48.0 cm³/mol. The maximum absolute atomic E-state index is 5.62. The zero-order valence-electron chi connectivity index (χ0n) is 5.97. The molecule has 4 heteroatoms. The molecule has 0 spiro atoms. The lowest BCUT2D eigenvalue weighted by atomic mass is 10.3. The molecule has 0 aliphatic carbocycles. The van der Waals surface area contributed by atoms with E-state index in [0.717, 1.165) is 10.2 Å². The van der Waals surface area contributed by atoms with Crippen LogP contribution in [0.25, 0.3) is 0 Å². The van der Waals surface area contributed by atoms with Crippen molar-refractivity contribution in [3.8, 4) is 5.88 Å². The number of alkyl halides is 1. The molecule has 0 fully saturated rings. The van der Waals surface area contributed by atoms with E-state index in [1.54, 1.807) is 13.2 Å². The Morgan fingerprint density at radius 3 is 2.91 bits per heavy atom. The van der Waals surface area contributed by atoms with Gasteiger partial charge in [0.2, 0.25) is 5.88 Å². The number of rotatable bonds is 2. The number of hydrogen-bond acceptors (Lipinski definition) is 2. The third-order valence-electron chi connectivity index (χ3n) is 1.19. The van der Waals surface area contributed by atoms with Crippen LogP contribution in [0, 0.1) is 0 Å². The van der Waals surface area contributed by atoms with Crippen molar-refractivity contribution in [2.75, 3.05) is 7.11 Å². The molecule has 2 nitrogen and oxygen atoms in total. The fourth-order valence-electron chi connectivity index (χ4n) is 0.705. The molecule has 0 amide bonds. The highest BCUT2D eigenvalue weighted by Gasteiger charge is 1.98. The largest absolute Gasteiger partial charge is 0.481 e. The van der Waals surface area contributed by atoms with Crippen molar-refractivity contribution in [2.24, 2.45) is 0 Å². The molecule has 1 rings (SSSR count). The lowest BCUT2D eigenvalue weighted by Gasteiger charge is -2.01. The molecule has 1 heterocycles. The van der Waals surface area contributed by atoms with E-state index >= 15 is 0 Å². The summed E-state index contributed by atoms with van der Waals surface area (Å²) in [5.41, 5.74) is 0.991. The van der Waals surface area contributed by atoms with Gasteiger partial charge in [0.1, 0.15) is 4.60 Å². The van der Waals surface area contributed by atoms with Crippen molar-refractivity contribution in [1.82, 2.24) is 4.98 Å². The minimum Gasteiger partial charge on any atom is -0.481 e. The molecule has 60 valence electrons. The first-order chi connectivity index (χ1) is 5.26. The van der Waals surface area contributed by atoms with Gasteiger partial charge in [-0.1, -0.05) is 0 Å². The van der Waals surface area contributed by atoms with Gasteiger partial charge in [0.05, 0.1) is 7.11 Å². The van der Waals surface area contributed by atoms with Crippen LogP contribution in [0.1, 0.15) is 5.56 Å². The molecule has 0 saturated heterocycles. The van der Waals surface area contributed by atoms with Gasteiger partial charge in [-0.3, -0.25) is 0 Å². The van der Waals surface area contributed by atoms with Crippen LogP contribution in [0.2, 0.25) is 0 Å². The number of methoxy groups -OCH3 is 1. The first kappa shape index (κ1) is 8.81. The molecule has 11 heavy (non-hydrogen) atoms. The summed E-state index contributed by atoms with van der Waals surface area (Å²) in [6.45, 7) is 0. The van der Waals surface area contributed by atoms with Crippen molar-refractivity contribution in [2.45, 2.75) is 5.88 Å². The fraction of sp³-hybridized carbons (Fsp3) is 0.286. The SMILES string of the molecule is COc1cc(CCl)cc(Br)n1. The molecule has 0 N–H and O–H groups in total. The summed E-state index contributed by atoms with van der Waals surface area (Å²) >= 11 is 8.87. The smallest absolute Gasteiger partial charge is 0.214 e. The number of halogens is 2. The Hall–Kier alpha value is -0.280. The fourth-order valence-corrected chi connectivity index (χ4v) is 1.33. The molecule has 0 aliphatic heterocycles. The van der Waals surface area contributed by atoms with E-state index < -0.39 is 0 Å². The molecule has 0 saturated carbocycles.